The van der Waals surface area contributed by atoms with Crippen molar-refractivity contribution in [3.05, 3.63) is 24.0 Å². The minimum Gasteiger partial charge on any atom is -0.497 e. The molecule has 0 aliphatic carbocycles. The molecule has 1 aliphatic heterocycles. The molecule has 1 aliphatic rings. The zero-order chi connectivity index (χ0) is 9.84. The van der Waals surface area contributed by atoms with Gasteiger partial charge >= 0.3 is 0 Å². The van der Waals surface area contributed by atoms with Gasteiger partial charge in [-0.15, -0.1) is 0 Å². The first-order valence-corrected chi connectivity index (χ1v) is 5.10. The largest absolute Gasteiger partial charge is 0.497 e. The third-order valence-corrected chi connectivity index (χ3v) is 2.31. The predicted octanol–water partition coefficient (Wildman–Crippen LogP) is 3.53. The highest BCUT2D eigenvalue weighted by molar-refractivity contribution is 5.22. The second-order valence-corrected chi connectivity index (χ2v) is 4.37. The van der Waals surface area contributed by atoms with Crippen molar-refractivity contribution in [2.24, 2.45) is 11.8 Å². The highest BCUT2D eigenvalue weighted by Crippen LogP contribution is 2.27. The smallest absolute Gasteiger partial charge is 0.0994 e. The summed E-state index contributed by atoms with van der Waals surface area (Å²) >= 11 is 0. The molecule has 13 heavy (non-hydrogen) atoms. The summed E-state index contributed by atoms with van der Waals surface area (Å²) < 4.78 is 5.71. The fourth-order valence-corrected chi connectivity index (χ4v) is 1.64. The molecule has 0 amide bonds. The van der Waals surface area contributed by atoms with Crippen LogP contribution in [-0.4, -0.2) is 6.61 Å². The Hall–Kier alpha value is -0.720. The molecule has 1 nitrogen and oxygen atoms in total. The summed E-state index contributed by atoms with van der Waals surface area (Å²) in [5, 5.41) is 0. The molecule has 0 fully saturated rings. The standard InChI is InChI=1S/C12H20O/c1-5-11-7-10(4)8-13-12(11)6-9(2)3/h5,9-10H,1,6-8H2,2-4H3. The number of rotatable bonds is 3. The van der Waals surface area contributed by atoms with Crippen LogP contribution >= 0.6 is 0 Å². The van der Waals surface area contributed by atoms with Crippen molar-refractivity contribution >= 4 is 0 Å². The SMILES string of the molecule is C=CC1=C(CC(C)C)OCC(C)C1. The van der Waals surface area contributed by atoms with Crippen molar-refractivity contribution in [3.8, 4) is 0 Å². The minimum absolute atomic E-state index is 0.643. The summed E-state index contributed by atoms with van der Waals surface area (Å²) in [6.07, 6.45) is 4.13. The van der Waals surface area contributed by atoms with E-state index in [1.807, 2.05) is 6.08 Å². The molecule has 0 saturated carbocycles. The molecule has 0 aromatic rings. The quantitative estimate of drug-likeness (QED) is 0.645. The summed E-state index contributed by atoms with van der Waals surface area (Å²) in [6.45, 7) is 11.4. The van der Waals surface area contributed by atoms with E-state index in [4.69, 9.17) is 4.74 Å². The summed E-state index contributed by atoms with van der Waals surface area (Å²) in [4.78, 5) is 0. The van der Waals surface area contributed by atoms with Crippen molar-refractivity contribution < 1.29 is 4.74 Å². The lowest BCUT2D eigenvalue weighted by Gasteiger charge is -2.25. The van der Waals surface area contributed by atoms with E-state index in [2.05, 4.69) is 27.4 Å². The van der Waals surface area contributed by atoms with Crippen molar-refractivity contribution in [2.75, 3.05) is 6.61 Å². The Labute approximate surface area is 81.5 Å². The first-order chi connectivity index (χ1) is 6.13. The van der Waals surface area contributed by atoms with Crippen LogP contribution in [0.15, 0.2) is 24.0 Å². The molecular formula is C12H20O. The first kappa shape index (κ1) is 10.4. The minimum atomic E-state index is 0.643. The van der Waals surface area contributed by atoms with Gasteiger partial charge < -0.3 is 4.74 Å². The van der Waals surface area contributed by atoms with E-state index in [-0.39, 0.29) is 0 Å². The lowest BCUT2D eigenvalue weighted by atomic mass is 9.95. The molecule has 1 unspecified atom stereocenters. The van der Waals surface area contributed by atoms with Crippen LogP contribution in [0.25, 0.3) is 0 Å². The van der Waals surface area contributed by atoms with Gasteiger partial charge in [0.1, 0.15) is 0 Å². The van der Waals surface area contributed by atoms with Gasteiger partial charge in [-0.25, -0.2) is 0 Å². The van der Waals surface area contributed by atoms with Gasteiger partial charge in [0, 0.05) is 6.42 Å². The van der Waals surface area contributed by atoms with E-state index >= 15 is 0 Å². The molecule has 0 N–H and O–H groups in total. The predicted molar refractivity (Wildman–Crippen MR) is 56.4 cm³/mol. The Morgan fingerprint density at radius 2 is 2.31 bits per heavy atom. The Kier molecular flexibility index (Phi) is 3.58. The number of allylic oxidation sites excluding steroid dienone is 3. The molecule has 0 aromatic heterocycles. The highest BCUT2D eigenvalue weighted by atomic mass is 16.5. The molecular weight excluding hydrogens is 160 g/mol. The van der Waals surface area contributed by atoms with Crippen LogP contribution in [0.3, 0.4) is 0 Å². The van der Waals surface area contributed by atoms with Gasteiger partial charge in [0.2, 0.25) is 0 Å². The van der Waals surface area contributed by atoms with Crippen LogP contribution in [0.2, 0.25) is 0 Å². The molecule has 74 valence electrons. The molecule has 1 heteroatoms. The normalized spacial score (nSPS) is 23.2. The summed E-state index contributed by atoms with van der Waals surface area (Å²) in [5.74, 6) is 2.48. The van der Waals surface area contributed by atoms with Gasteiger partial charge in [-0.3, -0.25) is 0 Å². The Morgan fingerprint density at radius 1 is 1.62 bits per heavy atom. The van der Waals surface area contributed by atoms with Gasteiger partial charge in [0.25, 0.3) is 0 Å². The maximum atomic E-state index is 5.71. The van der Waals surface area contributed by atoms with Crippen LogP contribution < -0.4 is 0 Å². The molecule has 1 heterocycles. The van der Waals surface area contributed by atoms with Crippen LogP contribution in [0.4, 0.5) is 0 Å². The Balaban J connectivity index is 2.71. The third kappa shape index (κ3) is 2.91. The number of ether oxygens (including phenoxy) is 1. The van der Waals surface area contributed by atoms with Gasteiger partial charge in [0.15, 0.2) is 0 Å². The number of hydrogen-bond acceptors (Lipinski definition) is 1. The molecule has 0 radical (unpaired) electrons. The first-order valence-electron chi connectivity index (χ1n) is 5.10. The topological polar surface area (TPSA) is 9.23 Å². The van der Waals surface area contributed by atoms with Crippen LogP contribution in [-0.2, 0) is 4.74 Å². The van der Waals surface area contributed by atoms with E-state index in [1.54, 1.807) is 0 Å². The van der Waals surface area contributed by atoms with Crippen molar-refractivity contribution in [3.63, 3.8) is 0 Å². The third-order valence-electron chi connectivity index (χ3n) is 2.31. The second kappa shape index (κ2) is 4.50. The maximum Gasteiger partial charge on any atom is 0.0994 e. The second-order valence-electron chi connectivity index (χ2n) is 4.37. The average Bonchev–Trinajstić information content (AvgIpc) is 2.07. The molecule has 1 atom stereocenters. The van der Waals surface area contributed by atoms with Gasteiger partial charge in [-0.05, 0) is 23.8 Å². The zero-order valence-electron chi connectivity index (χ0n) is 8.97. The zero-order valence-corrected chi connectivity index (χ0v) is 8.97. The van der Waals surface area contributed by atoms with Crippen LogP contribution in [0.5, 0.6) is 0 Å². The van der Waals surface area contributed by atoms with E-state index in [1.165, 1.54) is 11.3 Å². The van der Waals surface area contributed by atoms with Crippen molar-refractivity contribution in [1.29, 1.82) is 0 Å². The monoisotopic (exact) mass is 180 g/mol. The highest BCUT2D eigenvalue weighted by Gasteiger charge is 2.17. The maximum absolute atomic E-state index is 5.71. The van der Waals surface area contributed by atoms with E-state index in [0.717, 1.165) is 19.4 Å². The fourth-order valence-electron chi connectivity index (χ4n) is 1.64. The van der Waals surface area contributed by atoms with E-state index in [0.29, 0.717) is 11.8 Å². The molecule has 0 aromatic carbocycles. The summed E-state index contributed by atoms with van der Waals surface area (Å²) in [5.41, 5.74) is 1.31. The summed E-state index contributed by atoms with van der Waals surface area (Å²) in [7, 11) is 0. The molecule has 0 saturated heterocycles. The molecule has 1 rings (SSSR count). The lowest BCUT2D eigenvalue weighted by molar-refractivity contribution is 0.137. The van der Waals surface area contributed by atoms with Gasteiger partial charge in [0.05, 0.1) is 12.4 Å². The van der Waals surface area contributed by atoms with Gasteiger partial charge in [-0.1, -0.05) is 33.4 Å². The Bertz CT molecular complexity index is 213. The fraction of sp³-hybridized carbons (Fsp3) is 0.667. The van der Waals surface area contributed by atoms with Crippen molar-refractivity contribution in [2.45, 2.75) is 33.6 Å². The van der Waals surface area contributed by atoms with Crippen molar-refractivity contribution in [1.82, 2.24) is 0 Å². The van der Waals surface area contributed by atoms with E-state index in [9.17, 15) is 0 Å². The Morgan fingerprint density at radius 3 is 2.85 bits per heavy atom. The number of hydrogen-bond donors (Lipinski definition) is 0. The summed E-state index contributed by atoms with van der Waals surface area (Å²) in [6, 6.07) is 0. The van der Waals surface area contributed by atoms with Crippen LogP contribution in [0, 0.1) is 11.8 Å². The molecule has 0 spiro atoms. The van der Waals surface area contributed by atoms with Crippen LogP contribution in [0.1, 0.15) is 33.6 Å². The lowest BCUT2D eigenvalue weighted by Crippen LogP contribution is -2.15. The molecule has 0 bridgehead atoms. The van der Waals surface area contributed by atoms with Gasteiger partial charge in [-0.2, -0.15) is 0 Å². The average molecular weight is 180 g/mol. The van der Waals surface area contributed by atoms with E-state index < -0.39 is 0 Å².